The van der Waals surface area contributed by atoms with Crippen molar-refractivity contribution in [2.75, 3.05) is 6.61 Å². The van der Waals surface area contributed by atoms with E-state index >= 15 is 0 Å². The topological polar surface area (TPSA) is 248 Å². The van der Waals surface area contributed by atoms with Crippen molar-refractivity contribution in [2.24, 2.45) is 45.3 Å². The highest BCUT2D eigenvalue weighted by atomic mass is 17.1. The summed E-state index contributed by atoms with van der Waals surface area (Å²) >= 11 is 0. The highest BCUT2D eigenvalue weighted by Crippen LogP contribution is 2.76. The number of fused-ring (bicyclic) bond motifs is 5. The van der Waals surface area contributed by atoms with Gasteiger partial charge in [0.1, 0.15) is 48.3 Å². The molecule has 57 heavy (non-hydrogen) atoms. The molecule has 0 aromatic heterocycles. The van der Waals surface area contributed by atoms with Gasteiger partial charge in [0.25, 0.3) is 0 Å². The predicted octanol–water partition coefficient (Wildman–Crippen LogP) is 1.62. The summed E-state index contributed by atoms with van der Waals surface area (Å²) in [6.45, 7) is 17.3. The largest absolute Gasteiger partial charge is 0.393 e. The van der Waals surface area contributed by atoms with Crippen molar-refractivity contribution in [3.8, 4) is 0 Å². The maximum Gasteiger partial charge on any atom is 0.187 e. The normalized spacial score (nSPS) is 52.5. The number of aliphatic hydroxyl groups excluding tert-OH is 9. The van der Waals surface area contributed by atoms with E-state index in [1.807, 2.05) is 13.0 Å². The van der Waals surface area contributed by atoms with Crippen LogP contribution in [-0.4, -0.2) is 149 Å². The molecule has 6 rings (SSSR count). The first-order valence-corrected chi connectivity index (χ1v) is 21.0. The van der Waals surface area contributed by atoms with E-state index in [1.165, 1.54) is 6.92 Å². The van der Waals surface area contributed by atoms with E-state index < -0.39 is 103 Å². The fourth-order valence-corrected chi connectivity index (χ4v) is 13.2. The van der Waals surface area contributed by atoms with Gasteiger partial charge in [-0.25, -0.2) is 4.89 Å². The van der Waals surface area contributed by atoms with E-state index in [-0.39, 0.29) is 46.3 Å². The van der Waals surface area contributed by atoms with Crippen LogP contribution in [-0.2, 0) is 23.8 Å². The highest BCUT2D eigenvalue weighted by molar-refractivity contribution is 5.21. The molecule has 21 unspecified atom stereocenters. The maximum atomic E-state index is 12.4. The number of hydrogen-bond donors (Lipinski definition) is 10. The summed E-state index contributed by atoms with van der Waals surface area (Å²) in [5.41, 5.74) is -3.65. The molecule has 4 aliphatic carbocycles. The molecule has 15 nitrogen and oxygen atoms in total. The molecular formula is C42H72O15. The van der Waals surface area contributed by atoms with Crippen LogP contribution in [0.25, 0.3) is 0 Å². The zero-order valence-electron chi connectivity index (χ0n) is 35.1. The average molecular weight is 817 g/mol. The molecule has 2 heterocycles. The molecule has 21 atom stereocenters. The molecule has 6 aliphatic rings. The van der Waals surface area contributed by atoms with Crippen LogP contribution in [0.2, 0.25) is 0 Å². The summed E-state index contributed by atoms with van der Waals surface area (Å²) in [6, 6.07) is 0. The van der Waals surface area contributed by atoms with Crippen LogP contribution in [0.3, 0.4) is 0 Å². The van der Waals surface area contributed by atoms with Gasteiger partial charge in [0.15, 0.2) is 12.6 Å². The monoisotopic (exact) mass is 816 g/mol. The minimum Gasteiger partial charge on any atom is -0.393 e. The van der Waals surface area contributed by atoms with Crippen LogP contribution >= 0.6 is 0 Å². The molecule has 0 bridgehead atoms. The second-order valence-electron chi connectivity index (χ2n) is 20.8. The summed E-state index contributed by atoms with van der Waals surface area (Å²) in [4.78, 5) is 4.66. The van der Waals surface area contributed by atoms with Crippen LogP contribution < -0.4 is 0 Å². The number of rotatable bonds is 10. The lowest BCUT2D eigenvalue weighted by Gasteiger charge is -2.71. The Morgan fingerprint density at radius 3 is 1.98 bits per heavy atom. The van der Waals surface area contributed by atoms with Gasteiger partial charge in [0, 0.05) is 0 Å². The molecule has 0 amide bonds. The van der Waals surface area contributed by atoms with Crippen LogP contribution in [0.4, 0.5) is 0 Å². The van der Waals surface area contributed by atoms with Crippen LogP contribution in [0.1, 0.15) is 107 Å². The summed E-state index contributed by atoms with van der Waals surface area (Å²) in [5.74, 6) is -0.350. The fraction of sp³-hybridized carbons (Fsp3) is 0.952. The number of hydrogen-bond acceptors (Lipinski definition) is 15. The summed E-state index contributed by atoms with van der Waals surface area (Å²) in [6.07, 6.45) is -9.13. The van der Waals surface area contributed by atoms with Crippen molar-refractivity contribution in [2.45, 2.75) is 198 Å². The standard InChI is InChI=1S/C42H72O15/c1-20-28(45)30(47)32(49)35(54-20)53-19-24-29(46)31(48)33(50)36(55-24)56-42(9,14-10-13-37(2,3)57-52)21-11-15-41(8)27(21)22(43)17-26-39(6)18-23(44)34(51)38(4,5)25(39)12-16-40(26,41)7/h10,13,20-36,43-52H,11-12,14-19H2,1-9H3. The molecule has 2 aliphatic heterocycles. The van der Waals surface area contributed by atoms with E-state index in [4.69, 9.17) is 18.9 Å². The number of ether oxygens (including phenoxy) is 4. The van der Waals surface area contributed by atoms with E-state index in [0.717, 1.165) is 19.3 Å². The first-order chi connectivity index (χ1) is 26.3. The quantitative estimate of drug-likeness (QED) is 0.0855. The van der Waals surface area contributed by atoms with E-state index in [2.05, 4.69) is 39.5 Å². The molecule has 330 valence electrons. The van der Waals surface area contributed by atoms with E-state index in [1.54, 1.807) is 19.9 Å². The van der Waals surface area contributed by atoms with E-state index in [0.29, 0.717) is 19.3 Å². The molecular weight excluding hydrogens is 744 g/mol. The predicted molar refractivity (Wildman–Crippen MR) is 204 cm³/mol. The lowest BCUT2D eigenvalue weighted by molar-refractivity contribution is -0.348. The third kappa shape index (κ3) is 7.49. The van der Waals surface area contributed by atoms with E-state index in [9.17, 15) is 51.2 Å². The lowest BCUT2D eigenvalue weighted by atomic mass is 9.35. The van der Waals surface area contributed by atoms with Gasteiger partial charge >= 0.3 is 0 Å². The molecule has 2 saturated heterocycles. The van der Waals surface area contributed by atoms with Crippen molar-refractivity contribution in [3.05, 3.63) is 12.2 Å². The zero-order valence-corrected chi connectivity index (χ0v) is 35.1. The Bertz CT molecular complexity index is 1450. The molecule has 6 fully saturated rings. The Hall–Kier alpha value is -0.860. The minimum absolute atomic E-state index is 0.0645. The van der Waals surface area contributed by atoms with Crippen molar-refractivity contribution < 1.29 is 75.1 Å². The SMILES string of the molecule is CC1OC(OCC2OC(OC(C)(CC=CC(C)(C)OO)C3CCC4(C)C3C(O)CC3C5(C)CC(O)C(O)C(C)(C)C5CCC34C)C(O)C(O)C2O)C(O)C(O)C1O. The summed E-state index contributed by atoms with van der Waals surface area (Å²) in [5, 5.41) is 109. The molecule has 0 radical (unpaired) electrons. The van der Waals surface area contributed by atoms with Crippen LogP contribution in [0.15, 0.2) is 12.2 Å². The number of aliphatic hydroxyl groups is 9. The van der Waals surface area contributed by atoms with Gasteiger partial charge in [-0.2, -0.15) is 0 Å². The highest BCUT2D eigenvalue weighted by Gasteiger charge is 2.72. The fourth-order valence-electron chi connectivity index (χ4n) is 13.2. The summed E-state index contributed by atoms with van der Waals surface area (Å²) in [7, 11) is 0. The Morgan fingerprint density at radius 1 is 0.719 bits per heavy atom. The lowest BCUT2D eigenvalue weighted by Crippen LogP contribution is -2.68. The molecule has 0 aromatic carbocycles. The van der Waals surface area contributed by atoms with Gasteiger partial charge < -0.3 is 64.9 Å². The molecule has 15 heteroatoms. The Balaban J connectivity index is 1.29. The second kappa shape index (κ2) is 15.8. The van der Waals surface area contributed by atoms with Crippen LogP contribution in [0.5, 0.6) is 0 Å². The van der Waals surface area contributed by atoms with Gasteiger partial charge in [0.2, 0.25) is 0 Å². The van der Waals surface area contributed by atoms with Crippen molar-refractivity contribution in [1.29, 1.82) is 0 Å². The van der Waals surface area contributed by atoms with Crippen molar-refractivity contribution in [1.82, 2.24) is 0 Å². The smallest absolute Gasteiger partial charge is 0.187 e. The summed E-state index contributed by atoms with van der Waals surface area (Å²) < 4.78 is 24.2. The van der Waals surface area contributed by atoms with Gasteiger partial charge in [-0.05, 0) is 118 Å². The Labute approximate surface area is 336 Å². The molecule has 4 saturated carbocycles. The third-order valence-corrected chi connectivity index (χ3v) is 16.7. The van der Waals surface area contributed by atoms with Crippen molar-refractivity contribution >= 4 is 0 Å². The molecule has 0 aromatic rings. The Morgan fingerprint density at radius 2 is 1.33 bits per heavy atom. The second-order valence-corrected chi connectivity index (χ2v) is 20.8. The van der Waals surface area contributed by atoms with Gasteiger partial charge in [-0.3, -0.25) is 5.26 Å². The van der Waals surface area contributed by atoms with Gasteiger partial charge in [0.05, 0.1) is 36.6 Å². The van der Waals surface area contributed by atoms with Crippen LogP contribution in [0, 0.1) is 45.3 Å². The van der Waals surface area contributed by atoms with Crippen molar-refractivity contribution in [3.63, 3.8) is 0 Å². The first kappa shape index (κ1) is 45.7. The average Bonchev–Trinajstić information content (AvgIpc) is 3.53. The Kier molecular flexibility index (Phi) is 12.7. The first-order valence-electron chi connectivity index (χ1n) is 21.0. The third-order valence-electron chi connectivity index (χ3n) is 16.7. The minimum atomic E-state index is -1.72. The van der Waals surface area contributed by atoms with Gasteiger partial charge in [-0.1, -0.05) is 46.8 Å². The molecule has 10 N–H and O–H groups in total. The molecule has 0 spiro atoms. The zero-order chi connectivity index (χ0) is 42.4. The maximum absolute atomic E-state index is 12.4. The van der Waals surface area contributed by atoms with Gasteiger partial charge in [-0.15, -0.1) is 0 Å².